The van der Waals surface area contributed by atoms with Gasteiger partial charge in [0.25, 0.3) is 11.2 Å². The van der Waals surface area contributed by atoms with Crippen LogP contribution in [0, 0.1) is 10.1 Å². The van der Waals surface area contributed by atoms with E-state index in [1.807, 2.05) is 0 Å². The highest BCUT2D eigenvalue weighted by Crippen LogP contribution is 2.16. The van der Waals surface area contributed by atoms with Crippen molar-refractivity contribution in [3.63, 3.8) is 0 Å². The molecule has 0 unspecified atom stereocenters. The maximum absolute atomic E-state index is 12.2. The van der Waals surface area contributed by atoms with Crippen molar-refractivity contribution in [3.8, 4) is 0 Å². The molecule has 116 valence electrons. The standard InChI is InChI=1S/C14H15N3O5/c1-2-22-13(18)4-3-7-16-9-15-12-8-10(17(20)21)5-6-11(12)14(16)19/h5-6,8-9H,2-4,7H2,1H3. The zero-order chi connectivity index (χ0) is 16.1. The number of fused-ring (bicyclic) bond motifs is 1. The molecule has 22 heavy (non-hydrogen) atoms. The molecule has 1 aromatic heterocycles. The monoisotopic (exact) mass is 305 g/mol. The Bertz CT molecular complexity index is 769. The van der Waals surface area contributed by atoms with Gasteiger partial charge in [-0.25, -0.2) is 4.98 Å². The van der Waals surface area contributed by atoms with Crippen LogP contribution in [-0.4, -0.2) is 27.1 Å². The van der Waals surface area contributed by atoms with E-state index in [0.29, 0.717) is 25.0 Å². The van der Waals surface area contributed by atoms with E-state index in [2.05, 4.69) is 4.98 Å². The molecule has 0 radical (unpaired) electrons. The summed E-state index contributed by atoms with van der Waals surface area (Å²) in [5.74, 6) is -0.306. The topological polar surface area (TPSA) is 104 Å². The average Bonchev–Trinajstić information content (AvgIpc) is 2.49. The number of aromatic nitrogens is 2. The Kier molecular flexibility index (Phi) is 4.82. The molecule has 1 heterocycles. The summed E-state index contributed by atoms with van der Waals surface area (Å²) < 4.78 is 6.19. The number of esters is 1. The lowest BCUT2D eigenvalue weighted by Gasteiger charge is -2.06. The molecule has 8 nitrogen and oxygen atoms in total. The molecule has 2 aromatic rings. The van der Waals surface area contributed by atoms with Crippen molar-refractivity contribution >= 4 is 22.6 Å². The molecule has 0 atom stereocenters. The number of carbonyl (C=O) groups excluding carboxylic acids is 1. The van der Waals surface area contributed by atoms with E-state index >= 15 is 0 Å². The van der Waals surface area contributed by atoms with Crippen LogP contribution >= 0.6 is 0 Å². The minimum atomic E-state index is -0.536. The van der Waals surface area contributed by atoms with E-state index in [-0.39, 0.29) is 29.2 Å². The average molecular weight is 305 g/mol. The molecule has 0 spiro atoms. The van der Waals surface area contributed by atoms with E-state index in [4.69, 9.17) is 4.74 Å². The fraction of sp³-hybridized carbons (Fsp3) is 0.357. The van der Waals surface area contributed by atoms with Crippen LogP contribution in [0.2, 0.25) is 0 Å². The molecule has 8 heteroatoms. The summed E-state index contributed by atoms with van der Waals surface area (Å²) in [4.78, 5) is 37.7. The van der Waals surface area contributed by atoms with Gasteiger partial charge in [-0.15, -0.1) is 0 Å². The lowest BCUT2D eigenvalue weighted by atomic mass is 10.2. The predicted molar refractivity (Wildman–Crippen MR) is 78.5 cm³/mol. The van der Waals surface area contributed by atoms with Gasteiger partial charge in [0.2, 0.25) is 0 Å². The molecule has 0 saturated heterocycles. The number of nitrogens with zero attached hydrogens (tertiary/aromatic N) is 3. The highest BCUT2D eigenvalue weighted by Gasteiger charge is 2.10. The van der Waals surface area contributed by atoms with Crippen LogP contribution in [0.5, 0.6) is 0 Å². The van der Waals surface area contributed by atoms with Crippen molar-refractivity contribution in [1.29, 1.82) is 0 Å². The maximum atomic E-state index is 12.2. The van der Waals surface area contributed by atoms with E-state index in [9.17, 15) is 19.7 Å². The van der Waals surface area contributed by atoms with E-state index in [0.717, 1.165) is 0 Å². The Morgan fingerprint density at radius 2 is 2.23 bits per heavy atom. The Balaban J connectivity index is 2.17. The van der Waals surface area contributed by atoms with Crippen LogP contribution in [-0.2, 0) is 16.1 Å². The molecule has 0 bridgehead atoms. The number of aryl methyl sites for hydroxylation is 1. The van der Waals surface area contributed by atoms with E-state index in [1.165, 1.54) is 29.1 Å². The predicted octanol–water partition coefficient (Wildman–Crippen LogP) is 1.65. The third kappa shape index (κ3) is 3.46. The Morgan fingerprint density at radius 3 is 2.91 bits per heavy atom. The number of nitro groups is 1. The lowest BCUT2D eigenvalue weighted by Crippen LogP contribution is -2.21. The number of ether oxygens (including phenoxy) is 1. The van der Waals surface area contributed by atoms with E-state index < -0.39 is 4.92 Å². The van der Waals surface area contributed by atoms with Gasteiger partial charge in [-0.05, 0) is 19.4 Å². The molecular weight excluding hydrogens is 290 g/mol. The maximum Gasteiger partial charge on any atom is 0.305 e. The number of carbonyl (C=O) groups is 1. The summed E-state index contributed by atoms with van der Waals surface area (Å²) in [7, 11) is 0. The van der Waals surface area contributed by atoms with Crippen molar-refractivity contribution < 1.29 is 14.5 Å². The number of nitro benzene ring substituents is 1. The summed E-state index contributed by atoms with van der Waals surface area (Å²) in [6.45, 7) is 2.39. The third-order valence-corrected chi connectivity index (χ3v) is 3.10. The number of hydrogen-bond acceptors (Lipinski definition) is 6. The van der Waals surface area contributed by atoms with Crippen LogP contribution in [0.15, 0.2) is 29.3 Å². The summed E-state index contributed by atoms with van der Waals surface area (Å²) in [6, 6.07) is 3.93. The summed E-state index contributed by atoms with van der Waals surface area (Å²) in [5.41, 5.74) is -0.121. The van der Waals surface area contributed by atoms with Crippen molar-refractivity contribution in [2.75, 3.05) is 6.61 Å². The first kappa shape index (κ1) is 15.6. The van der Waals surface area contributed by atoms with E-state index in [1.54, 1.807) is 6.92 Å². The van der Waals surface area contributed by atoms with Gasteiger partial charge in [-0.1, -0.05) is 0 Å². The molecule has 0 saturated carbocycles. The smallest absolute Gasteiger partial charge is 0.305 e. The number of non-ortho nitro benzene ring substituents is 1. The first-order valence-corrected chi connectivity index (χ1v) is 6.82. The molecule has 0 aliphatic carbocycles. The normalized spacial score (nSPS) is 10.6. The number of hydrogen-bond donors (Lipinski definition) is 0. The number of rotatable bonds is 6. The zero-order valence-corrected chi connectivity index (χ0v) is 12.0. The Morgan fingerprint density at radius 1 is 1.45 bits per heavy atom. The first-order chi connectivity index (χ1) is 10.5. The lowest BCUT2D eigenvalue weighted by molar-refractivity contribution is -0.384. The van der Waals surface area contributed by atoms with Crippen molar-refractivity contribution in [2.45, 2.75) is 26.3 Å². The zero-order valence-electron chi connectivity index (χ0n) is 12.0. The van der Waals surface area contributed by atoms with Crippen LogP contribution in [0.4, 0.5) is 5.69 Å². The SMILES string of the molecule is CCOC(=O)CCCn1cnc2cc([N+](=O)[O-])ccc2c1=O. The van der Waals surface area contributed by atoms with Crippen molar-refractivity contribution in [1.82, 2.24) is 9.55 Å². The van der Waals surface area contributed by atoms with Gasteiger partial charge < -0.3 is 4.74 Å². The summed E-state index contributed by atoms with van der Waals surface area (Å²) in [5, 5.41) is 11.0. The minimum Gasteiger partial charge on any atom is -0.466 e. The van der Waals surface area contributed by atoms with Gasteiger partial charge in [-0.3, -0.25) is 24.3 Å². The second-order valence-electron chi connectivity index (χ2n) is 4.61. The quantitative estimate of drug-likeness (QED) is 0.456. The van der Waals surface area contributed by atoms with Crippen LogP contribution in [0.3, 0.4) is 0 Å². The van der Waals surface area contributed by atoms with Gasteiger partial charge >= 0.3 is 5.97 Å². The molecule has 0 N–H and O–H groups in total. The van der Waals surface area contributed by atoms with Crippen molar-refractivity contribution in [3.05, 3.63) is 45.0 Å². The molecule has 0 aliphatic rings. The molecular formula is C14H15N3O5. The fourth-order valence-electron chi connectivity index (χ4n) is 2.05. The van der Waals surface area contributed by atoms with Crippen LogP contribution in [0.1, 0.15) is 19.8 Å². The molecule has 1 aromatic carbocycles. The fourth-order valence-corrected chi connectivity index (χ4v) is 2.05. The number of benzene rings is 1. The Hall–Kier alpha value is -2.77. The molecule has 0 amide bonds. The summed E-state index contributed by atoms with van der Waals surface area (Å²) in [6.07, 6.45) is 2.01. The second-order valence-corrected chi connectivity index (χ2v) is 4.61. The second kappa shape index (κ2) is 6.79. The molecule has 2 rings (SSSR count). The summed E-state index contributed by atoms with van der Waals surface area (Å²) >= 11 is 0. The highest BCUT2D eigenvalue weighted by molar-refractivity contribution is 5.79. The largest absolute Gasteiger partial charge is 0.466 e. The molecule has 0 fully saturated rings. The van der Waals surface area contributed by atoms with Crippen molar-refractivity contribution in [2.24, 2.45) is 0 Å². The van der Waals surface area contributed by atoms with Gasteiger partial charge in [0.15, 0.2) is 0 Å². The minimum absolute atomic E-state index is 0.112. The van der Waals surface area contributed by atoms with Gasteiger partial charge in [0.1, 0.15) is 0 Å². The Labute approximate surface area is 125 Å². The highest BCUT2D eigenvalue weighted by atomic mass is 16.6. The van der Waals surface area contributed by atoms with Gasteiger partial charge in [0.05, 0.1) is 28.8 Å². The van der Waals surface area contributed by atoms with Crippen LogP contribution in [0.25, 0.3) is 10.9 Å². The first-order valence-electron chi connectivity index (χ1n) is 6.82. The van der Waals surface area contributed by atoms with Gasteiger partial charge in [0, 0.05) is 25.1 Å². The van der Waals surface area contributed by atoms with Gasteiger partial charge in [-0.2, -0.15) is 0 Å². The third-order valence-electron chi connectivity index (χ3n) is 3.10. The van der Waals surface area contributed by atoms with Crippen LogP contribution < -0.4 is 5.56 Å². The molecule has 0 aliphatic heterocycles.